The van der Waals surface area contributed by atoms with Gasteiger partial charge in [0.1, 0.15) is 6.61 Å². The Hall–Kier alpha value is -2.67. The third-order valence-corrected chi connectivity index (χ3v) is 3.92. The predicted octanol–water partition coefficient (Wildman–Crippen LogP) is 0.721. The molecule has 1 aromatic carbocycles. The van der Waals surface area contributed by atoms with E-state index in [2.05, 4.69) is 0 Å². The van der Waals surface area contributed by atoms with E-state index in [4.69, 9.17) is 14.2 Å². The fraction of sp³-hybridized carbons (Fsp3) is 0.312. The predicted molar refractivity (Wildman–Crippen MR) is 75.0 cm³/mol. The average Bonchev–Trinajstić information content (AvgIpc) is 2.85. The lowest BCUT2D eigenvalue weighted by Gasteiger charge is -2.34. The standard InChI is InChI=1S/C16H14O7/c1-2-16(23-12(17)9-6-4-3-5-7-9)11-10(8-21-15(16)20)13(18)22-14(11)19/h3-7,14,19H,2,8H2,1H3. The number of aliphatic hydroxyl groups is 1. The molecule has 2 atom stereocenters. The second kappa shape index (κ2) is 5.51. The first-order chi connectivity index (χ1) is 11.0. The molecular weight excluding hydrogens is 304 g/mol. The van der Waals surface area contributed by atoms with Crippen LogP contribution in [-0.2, 0) is 23.8 Å². The molecule has 1 aromatic rings. The van der Waals surface area contributed by atoms with Crippen LogP contribution in [-0.4, -0.2) is 41.5 Å². The van der Waals surface area contributed by atoms with Gasteiger partial charge in [0.05, 0.1) is 16.7 Å². The molecule has 1 N–H and O–H groups in total. The van der Waals surface area contributed by atoms with Crippen LogP contribution >= 0.6 is 0 Å². The van der Waals surface area contributed by atoms with Crippen LogP contribution in [0.5, 0.6) is 0 Å². The van der Waals surface area contributed by atoms with Gasteiger partial charge in [0, 0.05) is 0 Å². The maximum Gasteiger partial charge on any atom is 0.355 e. The molecule has 0 radical (unpaired) electrons. The highest BCUT2D eigenvalue weighted by Crippen LogP contribution is 2.40. The summed E-state index contributed by atoms with van der Waals surface area (Å²) in [5.74, 6) is -2.38. The van der Waals surface area contributed by atoms with Gasteiger partial charge >= 0.3 is 17.9 Å². The van der Waals surface area contributed by atoms with Crippen LogP contribution in [0.2, 0.25) is 0 Å². The molecule has 0 aliphatic carbocycles. The summed E-state index contributed by atoms with van der Waals surface area (Å²) in [7, 11) is 0. The summed E-state index contributed by atoms with van der Waals surface area (Å²) in [6, 6.07) is 8.09. The van der Waals surface area contributed by atoms with Crippen molar-refractivity contribution in [1.29, 1.82) is 0 Å². The van der Waals surface area contributed by atoms with Crippen LogP contribution in [0, 0.1) is 0 Å². The van der Waals surface area contributed by atoms with E-state index in [9.17, 15) is 19.5 Å². The van der Waals surface area contributed by atoms with Crippen molar-refractivity contribution in [3.05, 3.63) is 47.0 Å². The summed E-state index contributed by atoms with van der Waals surface area (Å²) < 4.78 is 15.1. The molecule has 0 spiro atoms. The zero-order valence-corrected chi connectivity index (χ0v) is 12.3. The van der Waals surface area contributed by atoms with Gasteiger partial charge in [-0.2, -0.15) is 0 Å². The molecule has 0 amide bonds. The first-order valence-corrected chi connectivity index (χ1v) is 7.08. The molecule has 0 saturated heterocycles. The molecule has 7 nitrogen and oxygen atoms in total. The lowest BCUT2D eigenvalue weighted by Crippen LogP contribution is -2.51. The van der Waals surface area contributed by atoms with Crippen molar-refractivity contribution in [2.45, 2.75) is 25.2 Å². The van der Waals surface area contributed by atoms with Gasteiger partial charge in [0.25, 0.3) is 0 Å². The Morgan fingerprint density at radius 1 is 1.35 bits per heavy atom. The van der Waals surface area contributed by atoms with Crippen molar-refractivity contribution >= 4 is 17.9 Å². The Labute approximate surface area is 131 Å². The monoisotopic (exact) mass is 318 g/mol. The maximum absolute atomic E-state index is 12.3. The lowest BCUT2D eigenvalue weighted by molar-refractivity contribution is -0.167. The van der Waals surface area contributed by atoms with Gasteiger partial charge in [0.2, 0.25) is 11.9 Å². The molecule has 0 aromatic heterocycles. The Kier molecular flexibility index (Phi) is 3.65. The van der Waals surface area contributed by atoms with Gasteiger partial charge in [-0.15, -0.1) is 0 Å². The number of aliphatic hydroxyl groups excluding tert-OH is 1. The van der Waals surface area contributed by atoms with Crippen molar-refractivity contribution in [1.82, 2.24) is 0 Å². The Bertz CT molecular complexity index is 706. The van der Waals surface area contributed by atoms with Gasteiger partial charge in [0.15, 0.2) is 0 Å². The molecule has 0 bridgehead atoms. The van der Waals surface area contributed by atoms with Gasteiger partial charge in [-0.05, 0) is 18.6 Å². The fourth-order valence-corrected chi connectivity index (χ4v) is 2.73. The van der Waals surface area contributed by atoms with E-state index in [-0.39, 0.29) is 29.7 Å². The van der Waals surface area contributed by atoms with Crippen LogP contribution in [0.1, 0.15) is 23.7 Å². The third-order valence-electron chi connectivity index (χ3n) is 3.92. The Morgan fingerprint density at radius 2 is 2.04 bits per heavy atom. The molecule has 2 unspecified atom stereocenters. The number of carbonyl (C=O) groups is 3. The molecule has 3 rings (SSSR count). The SMILES string of the molecule is CCC1(OC(=O)c2ccccc2)C(=O)OCC2=C1C(O)OC2=O. The molecule has 2 aliphatic heterocycles. The average molecular weight is 318 g/mol. The molecule has 120 valence electrons. The van der Waals surface area contributed by atoms with Crippen LogP contribution < -0.4 is 0 Å². The maximum atomic E-state index is 12.3. The second-order valence-electron chi connectivity index (χ2n) is 5.16. The smallest absolute Gasteiger partial charge is 0.355 e. The summed E-state index contributed by atoms with van der Waals surface area (Å²) in [5.41, 5.74) is -1.67. The van der Waals surface area contributed by atoms with Gasteiger partial charge < -0.3 is 19.3 Å². The number of benzene rings is 1. The molecule has 7 heteroatoms. The highest BCUT2D eigenvalue weighted by Gasteiger charge is 2.57. The van der Waals surface area contributed by atoms with E-state index >= 15 is 0 Å². The van der Waals surface area contributed by atoms with Gasteiger partial charge in [-0.25, -0.2) is 14.4 Å². The number of hydrogen-bond acceptors (Lipinski definition) is 7. The van der Waals surface area contributed by atoms with E-state index in [0.717, 1.165) is 0 Å². The second-order valence-corrected chi connectivity index (χ2v) is 5.16. The number of rotatable bonds is 3. The number of cyclic esters (lactones) is 2. The third kappa shape index (κ3) is 2.29. The Morgan fingerprint density at radius 3 is 2.70 bits per heavy atom. The Balaban J connectivity index is 2.03. The zero-order valence-electron chi connectivity index (χ0n) is 12.3. The molecular formula is C16H14O7. The van der Waals surface area contributed by atoms with Gasteiger partial charge in [-0.1, -0.05) is 25.1 Å². The fourth-order valence-electron chi connectivity index (χ4n) is 2.73. The minimum atomic E-state index is -1.87. The number of ether oxygens (including phenoxy) is 3. The normalized spacial score (nSPS) is 26.4. The van der Waals surface area contributed by atoms with Crippen molar-refractivity contribution in [3.63, 3.8) is 0 Å². The van der Waals surface area contributed by atoms with Crippen molar-refractivity contribution in [2.24, 2.45) is 0 Å². The largest absolute Gasteiger partial charge is 0.457 e. The zero-order chi connectivity index (χ0) is 16.6. The summed E-state index contributed by atoms with van der Waals surface area (Å²) >= 11 is 0. The van der Waals surface area contributed by atoms with E-state index in [0.29, 0.717) is 0 Å². The first kappa shape index (κ1) is 15.2. The van der Waals surface area contributed by atoms with Crippen LogP contribution in [0.25, 0.3) is 0 Å². The minimum Gasteiger partial charge on any atom is -0.457 e. The summed E-state index contributed by atoms with van der Waals surface area (Å²) in [4.78, 5) is 36.3. The van der Waals surface area contributed by atoms with E-state index in [1.165, 1.54) is 12.1 Å². The van der Waals surface area contributed by atoms with Crippen molar-refractivity contribution < 1.29 is 33.7 Å². The molecule has 0 fully saturated rings. The number of carbonyl (C=O) groups excluding carboxylic acids is 3. The number of hydrogen-bond donors (Lipinski definition) is 1. The lowest BCUT2D eigenvalue weighted by atomic mass is 9.85. The first-order valence-electron chi connectivity index (χ1n) is 7.08. The van der Waals surface area contributed by atoms with Crippen LogP contribution in [0.3, 0.4) is 0 Å². The highest BCUT2D eigenvalue weighted by atomic mass is 16.7. The van der Waals surface area contributed by atoms with E-state index in [1.54, 1.807) is 25.1 Å². The van der Waals surface area contributed by atoms with Crippen molar-refractivity contribution in [2.75, 3.05) is 6.61 Å². The highest BCUT2D eigenvalue weighted by molar-refractivity contribution is 6.01. The summed E-state index contributed by atoms with van der Waals surface area (Å²) in [6.45, 7) is 1.28. The molecule has 2 heterocycles. The van der Waals surface area contributed by atoms with Gasteiger partial charge in [-0.3, -0.25) is 0 Å². The molecule has 0 saturated carbocycles. The quantitative estimate of drug-likeness (QED) is 0.647. The van der Waals surface area contributed by atoms with E-state index < -0.39 is 29.8 Å². The minimum absolute atomic E-state index is 0.00304. The molecule has 23 heavy (non-hydrogen) atoms. The van der Waals surface area contributed by atoms with E-state index in [1.807, 2.05) is 0 Å². The topological polar surface area (TPSA) is 99.1 Å². The summed E-state index contributed by atoms with van der Waals surface area (Å²) in [5, 5.41) is 9.96. The van der Waals surface area contributed by atoms with Crippen molar-refractivity contribution in [3.8, 4) is 0 Å². The van der Waals surface area contributed by atoms with Crippen LogP contribution in [0.15, 0.2) is 41.5 Å². The van der Waals surface area contributed by atoms with Crippen LogP contribution in [0.4, 0.5) is 0 Å². The summed E-state index contributed by atoms with van der Waals surface area (Å²) in [6.07, 6.45) is -1.63. The molecule has 2 aliphatic rings. The number of esters is 3.